The van der Waals surface area contributed by atoms with Crippen molar-refractivity contribution in [1.82, 2.24) is 5.32 Å². The van der Waals surface area contributed by atoms with E-state index in [2.05, 4.69) is 21.2 Å². The topological polar surface area (TPSA) is 12.0 Å². The molecule has 2 aromatic rings. The SMILES string of the molecule is CCCNC(c1cccc(Br)c1)c1c(F)ccc(C)c1F. The van der Waals surface area contributed by atoms with E-state index in [-0.39, 0.29) is 5.56 Å². The van der Waals surface area contributed by atoms with E-state index in [1.165, 1.54) is 12.1 Å². The Morgan fingerprint density at radius 2 is 1.95 bits per heavy atom. The zero-order valence-corrected chi connectivity index (χ0v) is 13.7. The predicted molar refractivity (Wildman–Crippen MR) is 85.4 cm³/mol. The van der Waals surface area contributed by atoms with Crippen LogP contribution in [0, 0.1) is 18.6 Å². The molecular weight excluding hydrogens is 336 g/mol. The lowest BCUT2D eigenvalue weighted by molar-refractivity contribution is 0.499. The molecule has 0 aliphatic carbocycles. The number of halogens is 3. The molecule has 1 nitrogen and oxygen atoms in total. The van der Waals surface area contributed by atoms with Gasteiger partial charge >= 0.3 is 0 Å². The second kappa shape index (κ2) is 7.14. The van der Waals surface area contributed by atoms with E-state index in [1.807, 2.05) is 31.2 Å². The highest BCUT2D eigenvalue weighted by Crippen LogP contribution is 2.30. The first-order valence-electron chi connectivity index (χ1n) is 6.98. The van der Waals surface area contributed by atoms with Crippen LogP contribution in [0.1, 0.15) is 36.1 Å². The Balaban J connectivity index is 2.53. The third-order valence-corrected chi connectivity index (χ3v) is 3.88. The number of nitrogens with one attached hydrogen (secondary N) is 1. The fraction of sp³-hybridized carbons (Fsp3) is 0.294. The second-order valence-electron chi connectivity index (χ2n) is 5.03. The third kappa shape index (κ3) is 3.69. The molecule has 2 aromatic carbocycles. The van der Waals surface area contributed by atoms with Crippen LogP contribution >= 0.6 is 15.9 Å². The number of rotatable bonds is 5. The summed E-state index contributed by atoms with van der Waals surface area (Å²) in [4.78, 5) is 0. The van der Waals surface area contributed by atoms with Gasteiger partial charge in [0.2, 0.25) is 0 Å². The van der Waals surface area contributed by atoms with Crippen molar-refractivity contribution < 1.29 is 8.78 Å². The van der Waals surface area contributed by atoms with Crippen LogP contribution in [0.4, 0.5) is 8.78 Å². The summed E-state index contributed by atoms with van der Waals surface area (Å²) in [5.41, 5.74) is 1.37. The van der Waals surface area contributed by atoms with E-state index in [9.17, 15) is 8.78 Å². The van der Waals surface area contributed by atoms with Gasteiger partial charge in [-0.1, -0.05) is 41.1 Å². The van der Waals surface area contributed by atoms with Crippen LogP contribution in [-0.4, -0.2) is 6.54 Å². The maximum absolute atomic E-state index is 14.4. The molecule has 0 bridgehead atoms. The van der Waals surface area contributed by atoms with Crippen molar-refractivity contribution in [2.24, 2.45) is 0 Å². The molecule has 0 amide bonds. The van der Waals surface area contributed by atoms with Gasteiger partial charge in [0.05, 0.1) is 6.04 Å². The van der Waals surface area contributed by atoms with Crippen LogP contribution < -0.4 is 5.32 Å². The van der Waals surface area contributed by atoms with Crippen molar-refractivity contribution >= 4 is 15.9 Å². The van der Waals surface area contributed by atoms with Gasteiger partial charge in [0.15, 0.2) is 0 Å². The molecule has 0 spiro atoms. The first-order valence-corrected chi connectivity index (χ1v) is 7.77. The lowest BCUT2D eigenvalue weighted by atomic mass is 9.96. The smallest absolute Gasteiger partial charge is 0.134 e. The maximum Gasteiger partial charge on any atom is 0.134 e. The van der Waals surface area contributed by atoms with Crippen LogP contribution in [0.5, 0.6) is 0 Å². The molecule has 0 aliphatic rings. The quantitative estimate of drug-likeness (QED) is 0.785. The molecule has 0 fully saturated rings. The summed E-state index contributed by atoms with van der Waals surface area (Å²) in [6, 6.07) is 9.81. The van der Waals surface area contributed by atoms with E-state index in [4.69, 9.17) is 0 Å². The van der Waals surface area contributed by atoms with Crippen molar-refractivity contribution in [3.8, 4) is 0 Å². The Morgan fingerprint density at radius 3 is 2.62 bits per heavy atom. The standard InChI is InChI=1S/C17H18BrF2N/c1-3-9-21-17(12-5-4-6-13(18)10-12)15-14(19)8-7-11(2)16(15)20/h4-8,10,17,21H,3,9H2,1-2H3. The Morgan fingerprint density at radius 1 is 1.19 bits per heavy atom. The molecule has 0 saturated carbocycles. The van der Waals surface area contributed by atoms with Crippen molar-refractivity contribution in [3.05, 3.63) is 69.2 Å². The van der Waals surface area contributed by atoms with Crippen LogP contribution in [0.2, 0.25) is 0 Å². The van der Waals surface area contributed by atoms with Gasteiger partial charge in [0.25, 0.3) is 0 Å². The molecule has 0 saturated heterocycles. The summed E-state index contributed by atoms with van der Waals surface area (Å²) in [7, 11) is 0. The Hall–Kier alpha value is -1.26. The lowest BCUT2D eigenvalue weighted by Crippen LogP contribution is -2.25. The summed E-state index contributed by atoms with van der Waals surface area (Å²) in [5, 5.41) is 3.24. The van der Waals surface area contributed by atoms with Crippen molar-refractivity contribution in [1.29, 1.82) is 0 Å². The predicted octanol–water partition coefficient (Wildman–Crippen LogP) is 5.12. The van der Waals surface area contributed by atoms with Gasteiger partial charge in [-0.05, 0) is 49.2 Å². The van der Waals surface area contributed by atoms with Gasteiger partial charge in [-0.3, -0.25) is 0 Å². The van der Waals surface area contributed by atoms with Gasteiger partial charge in [0.1, 0.15) is 11.6 Å². The Kier molecular flexibility index (Phi) is 5.48. The fourth-order valence-corrected chi connectivity index (χ4v) is 2.72. The highest BCUT2D eigenvalue weighted by atomic mass is 79.9. The summed E-state index contributed by atoms with van der Waals surface area (Å²) in [6.07, 6.45) is 0.888. The van der Waals surface area contributed by atoms with Crippen LogP contribution in [0.25, 0.3) is 0 Å². The summed E-state index contributed by atoms with van der Waals surface area (Å²) < 4.78 is 29.5. The molecule has 21 heavy (non-hydrogen) atoms. The average molecular weight is 354 g/mol. The van der Waals surface area contributed by atoms with Crippen molar-refractivity contribution in [3.63, 3.8) is 0 Å². The van der Waals surface area contributed by atoms with Crippen molar-refractivity contribution in [2.45, 2.75) is 26.3 Å². The zero-order valence-electron chi connectivity index (χ0n) is 12.1. The number of hydrogen-bond acceptors (Lipinski definition) is 1. The van der Waals surface area contributed by atoms with Gasteiger partial charge in [0, 0.05) is 10.0 Å². The normalized spacial score (nSPS) is 12.4. The van der Waals surface area contributed by atoms with Gasteiger partial charge in [-0.15, -0.1) is 0 Å². The number of aryl methyl sites for hydroxylation is 1. The minimum absolute atomic E-state index is 0.0848. The highest BCUT2D eigenvalue weighted by molar-refractivity contribution is 9.10. The second-order valence-corrected chi connectivity index (χ2v) is 5.95. The highest BCUT2D eigenvalue weighted by Gasteiger charge is 2.22. The molecule has 0 aromatic heterocycles. The molecule has 112 valence electrons. The molecule has 1 atom stereocenters. The van der Waals surface area contributed by atoms with Crippen LogP contribution in [0.3, 0.4) is 0 Å². The first kappa shape index (κ1) is 16.1. The van der Waals surface area contributed by atoms with E-state index < -0.39 is 17.7 Å². The third-order valence-electron chi connectivity index (χ3n) is 3.39. The van der Waals surface area contributed by atoms with Gasteiger partial charge in [-0.25, -0.2) is 8.78 Å². The molecule has 0 aliphatic heterocycles. The lowest BCUT2D eigenvalue weighted by Gasteiger charge is -2.21. The zero-order chi connectivity index (χ0) is 15.4. The largest absolute Gasteiger partial charge is 0.306 e. The molecule has 1 N–H and O–H groups in total. The summed E-state index contributed by atoms with van der Waals surface area (Å²) >= 11 is 3.41. The molecule has 2 rings (SSSR count). The summed E-state index contributed by atoms with van der Waals surface area (Å²) in [6.45, 7) is 4.36. The molecule has 0 heterocycles. The van der Waals surface area contributed by atoms with Gasteiger partial charge < -0.3 is 5.32 Å². The average Bonchev–Trinajstić information content (AvgIpc) is 2.46. The molecular formula is C17H18BrF2N. The molecule has 1 unspecified atom stereocenters. The van der Waals surface area contributed by atoms with E-state index in [0.29, 0.717) is 12.1 Å². The number of hydrogen-bond donors (Lipinski definition) is 1. The van der Waals surface area contributed by atoms with Crippen LogP contribution in [-0.2, 0) is 0 Å². The Bertz CT molecular complexity index is 628. The summed E-state index contributed by atoms with van der Waals surface area (Å²) in [5.74, 6) is -1.00. The van der Waals surface area contributed by atoms with Gasteiger partial charge in [-0.2, -0.15) is 0 Å². The fourth-order valence-electron chi connectivity index (χ4n) is 2.30. The minimum Gasteiger partial charge on any atom is -0.306 e. The monoisotopic (exact) mass is 353 g/mol. The molecule has 4 heteroatoms. The van der Waals surface area contributed by atoms with E-state index >= 15 is 0 Å². The van der Waals surface area contributed by atoms with E-state index in [1.54, 1.807) is 6.92 Å². The maximum atomic E-state index is 14.4. The first-order chi connectivity index (χ1) is 10.0. The van der Waals surface area contributed by atoms with E-state index in [0.717, 1.165) is 16.5 Å². The van der Waals surface area contributed by atoms with Crippen LogP contribution in [0.15, 0.2) is 40.9 Å². The Labute approximate surface area is 132 Å². The number of benzene rings is 2. The van der Waals surface area contributed by atoms with Crippen molar-refractivity contribution in [2.75, 3.05) is 6.54 Å². The minimum atomic E-state index is -0.522. The molecule has 0 radical (unpaired) electrons.